The standard InChI is InChI=1S/C27H38N6O6/c1-15-12-13-17-16(14-15)20(31-21(28-17)22(34)35)29-18-10-8-9-11-19(18)30-23(32-24(36)38-26(2,3)4)33-25(37)39-27(5,6)7/h12-14,18-19H,8-11H2,1-7H3,(H,34,35)(H,28,29,31)(H2,30,32,33,36,37)/t18-,19+/m0/s1. The molecule has 0 spiro atoms. The van der Waals surface area contributed by atoms with Crippen LogP contribution in [-0.4, -0.2) is 62.5 Å². The highest BCUT2D eigenvalue weighted by molar-refractivity contribution is 5.99. The molecule has 2 amide bonds. The fraction of sp³-hybridized carbons (Fsp3) is 0.556. The highest BCUT2D eigenvalue weighted by Crippen LogP contribution is 2.27. The van der Waals surface area contributed by atoms with E-state index >= 15 is 0 Å². The lowest BCUT2D eigenvalue weighted by Gasteiger charge is -2.34. The van der Waals surface area contributed by atoms with Crippen molar-refractivity contribution in [1.29, 1.82) is 0 Å². The molecule has 1 aromatic carbocycles. The van der Waals surface area contributed by atoms with Crippen LogP contribution in [0.1, 0.15) is 83.4 Å². The Balaban J connectivity index is 1.91. The predicted molar refractivity (Wildman–Crippen MR) is 147 cm³/mol. The average molecular weight is 543 g/mol. The second kappa shape index (κ2) is 11.8. The number of aromatic nitrogens is 2. The molecule has 0 unspecified atom stereocenters. The molecule has 1 fully saturated rings. The van der Waals surface area contributed by atoms with Crippen molar-refractivity contribution in [2.45, 2.75) is 97.4 Å². The zero-order valence-corrected chi connectivity index (χ0v) is 23.5. The number of anilines is 1. The van der Waals surface area contributed by atoms with Crippen LogP contribution in [0.5, 0.6) is 0 Å². The van der Waals surface area contributed by atoms with Crippen molar-refractivity contribution in [3.63, 3.8) is 0 Å². The molecule has 1 saturated carbocycles. The van der Waals surface area contributed by atoms with Crippen LogP contribution in [0.3, 0.4) is 0 Å². The van der Waals surface area contributed by atoms with Gasteiger partial charge in [0.15, 0.2) is 0 Å². The zero-order valence-electron chi connectivity index (χ0n) is 23.5. The molecule has 0 aliphatic heterocycles. The summed E-state index contributed by atoms with van der Waals surface area (Å²) in [6.07, 6.45) is 1.58. The summed E-state index contributed by atoms with van der Waals surface area (Å²) in [5.41, 5.74) is -0.0523. The Labute approximate surface area is 228 Å². The number of carbonyl (C=O) groups is 3. The Hall–Kier alpha value is -3.96. The number of alkyl carbamates (subject to hydrolysis) is 1. The normalized spacial score (nSPS) is 18.3. The number of amides is 2. The fourth-order valence-corrected chi connectivity index (χ4v) is 4.15. The monoisotopic (exact) mass is 542 g/mol. The number of aliphatic imine (C=N–C) groups is 1. The summed E-state index contributed by atoms with van der Waals surface area (Å²) in [6.45, 7) is 12.3. The number of aryl methyl sites for hydroxylation is 1. The minimum absolute atomic E-state index is 0.105. The van der Waals surface area contributed by atoms with Crippen molar-refractivity contribution < 1.29 is 29.0 Å². The number of benzene rings is 1. The molecule has 0 radical (unpaired) electrons. The van der Waals surface area contributed by atoms with Gasteiger partial charge >= 0.3 is 18.2 Å². The predicted octanol–water partition coefficient (Wildman–Crippen LogP) is 4.76. The molecule has 1 aromatic heterocycles. The third kappa shape index (κ3) is 9.08. The number of guanidine groups is 1. The molecule has 2 atom stereocenters. The van der Waals surface area contributed by atoms with Crippen molar-refractivity contribution in [3.8, 4) is 0 Å². The van der Waals surface area contributed by atoms with Gasteiger partial charge in [0.2, 0.25) is 11.8 Å². The number of hydrogen-bond acceptors (Lipinski definition) is 8. The molecule has 4 N–H and O–H groups in total. The Morgan fingerprint density at radius 1 is 0.974 bits per heavy atom. The molecule has 39 heavy (non-hydrogen) atoms. The number of ether oxygens (including phenoxy) is 2. The first-order valence-corrected chi connectivity index (χ1v) is 13.0. The van der Waals surface area contributed by atoms with Gasteiger partial charge < -0.3 is 25.2 Å². The van der Waals surface area contributed by atoms with E-state index in [0.29, 0.717) is 23.1 Å². The lowest BCUT2D eigenvalue weighted by molar-refractivity contribution is 0.0558. The van der Waals surface area contributed by atoms with Crippen LogP contribution >= 0.6 is 0 Å². The SMILES string of the molecule is Cc1ccc2nc(C(=O)O)nc(N[C@H]3CCCC[C@H]3N/C(=N/C(=O)OC(C)(C)C)NC(=O)OC(C)(C)C)c2c1. The van der Waals surface area contributed by atoms with E-state index < -0.39 is 29.4 Å². The quantitative estimate of drug-likeness (QED) is 0.312. The number of fused-ring (bicyclic) bond motifs is 1. The number of nitrogens with zero attached hydrogens (tertiary/aromatic N) is 3. The first kappa shape index (κ1) is 29.6. The van der Waals surface area contributed by atoms with Gasteiger partial charge in [-0.15, -0.1) is 4.99 Å². The van der Waals surface area contributed by atoms with Crippen molar-refractivity contribution in [1.82, 2.24) is 20.6 Å². The van der Waals surface area contributed by atoms with Crippen molar-refractivity contribution in [2.24, 2.45) is 4.99 Å². The Kier molecular flexibility index (Phi) is 8.98. The van der Waals surface area contributed by atoms with Gasteiger partial charge in [0, 0.05) is 17.5 Å². The van der Waals surface area contributed by atoms with Gasteiger partial charge in [0.05, 0.1) is 5.52 Å². The third-order valence-corrected chi connectivity index (χ3v) is 5.67. The van der Waals surface area contributed by atoms with Crippen LogP contribution in [0.25, 0.3) is 10.9 Å². The summed E-state index contributed by atoms with van der Waals surface area (Å²) in [5, 5.41) is 19.3. The lowest BCUT2D eigenvalue weighted by Crippen LogP contribution is -2.54. The maximum Gasteiger partial charge on any atom is 0.437 e. The zero-order chi connectivity index (χ0) is 29.0. The van der Waals surface area contributed by atoms with Gasteiger partial charge in [-0.05, 0) is 73.4 Å². The largest absolute Gasteiger partial charge is 0.475 e. The number of carbonyl (C=O) groups excluding carboxylic acids is 2. The summed E-state index contributed by atoms with van der Waals surface area (Å²) in [7, 11) is 0. The van der Waals surface area contributed by atoms with E-state index in [-0.39, 0.29) is 23.9 Å². The van der Waals surface area contributed by atoms with Gasteiger partial charge in [-0.1, -0.05) is 24.5 Å². The van der Waals surface area contributed by atoms with E-state index in [4.69, 9.17) is 9.47 Å². The molecule has 1 aliphatic carbocycles. The summed E-state index contributed by atoms with van der Waals surface area (Å²) in [4.78, 5) is 49.1. The summed E-state index contributed by atoms with van der Waals surface area (Å²) in [6, 6.07) is 4.99. The van der Waals surface area contributed by atoms with E-state index in [0.717, 1.165) is 24.8 Å². The smallest absolute Gasteiger partial charge is 0.437 e. The van der Waals surface area contributed by atoms with Crippen LogP contribution < -0.4 is 16.0 Å². The van der Waals surface area contributed by atoms with Gasteiger partial charge in [-0.2, -0.15) is 0 Å². The van der Waals surface area contributed by atoms with Gasteiger partial charge in [0.25, 0.3) is 0 Å². The average Bonchev–Trinajstić information content (AvgIpc) is 2.77. The molecule has 12 heteroatoms. The van der Waals surface area contributed by atoms with Gasteiger partial charge in [-0.3, -0.25) is 5.32 Å². The van der Waals surface area contributed by atoms with Crippen LogP contribution in [0.4, 0.5) is 15.4 Å². The first-order chi connectivity index (χ1) is 18.1. The van der Waals surface area contributed by atoms with E-state index in [1.807, 2.05) is 19.1 Å². The second-order valence-electron chi connectivity index (χ2n) is 11.6. The number of carboxylic acids is 1. The minimum Gasteiger partial charge on any atom is -0.475 e. The molecule has 3 rings (SSSR count). The Morgan fingerprint density at radius 3 is 2.23 bits per heavy atom. The topological polar surface area (TPSA) is 164 Å². The molecule has 1 aliphatic rings. The maximum atomic E-state index is 12.5. The number of nitrogens with one attached hydrogen (secondary N) is 3. The van der Waals surface area contributed by atoms with Crippen molar-refractivity contribution in [2.75, 3.05) is 5.32 Å². The number of rotatable bonds is 4. The van der Waals surface area contributed by atoms with Gasteiger partial charge in [0.1, 0.15) is 17.0 Å². The minimum atomic E-state index is -1.23. The highest BCUT2D eigenvalue weighted by atomic mass is 16.6. The highest BCUT2D eigenvalue weighted by Gasteiger charge is 2.29. The third-order valence-electron chi connectivity index (χ3n) is 5.67. The van der Waals surface area contributed by atoms with Crippen LogP contribution in [0, 0.1) is 6.92 Å². The number of aromatic carboxylic acids is 1. The van der Waals surface area contributed by atoms with E-state index in [2.05, 4.69) is 30.9 Å². The summed E-state index contributed by atoms with van der Waals surface area (Å²) in [5.74, 6) is -1.25. The number of hydrogen-bond donors (Lipinski definition) is 4. The van der Waals surface area contributed by atoms with Crippen LogP contribution in [0.15, 0.2) is 23.2 Å². The lowest BCUT2D eigenvalue weighted by atomic mass is 9.90. The maximum absolute atomic E-state index is 12.5. The molecule has 12 nitrogen and oxygen atoms in total. The van der Waals surface area contributed by atoms with Crippen LogP contribution in [0.2, 0.25) is 0 Å². The van der Waals surface area contributed by atoms with E-state index in [1.54, 1.807) is 47.6 Å². The van der Waals surface area contributed by atoms with E-state index in [1.165, 1.54) is 0 Å². The van der Waals surface area contributed by atoms with Gasteiger partial charge in [-0.25, -0.2) is 24.4 Å². The first-order valence-electron chi connectivity index (χ1n) is 13.0. The molecule has 1 heterocycles. The fourth-order valence-electron chi connectivity index (χ4n) is 4.15. The van der Waals surface area contributed by atoms with Crippen LogP contribution in [-0.2, 0) is 9.47 Å². The van der Waals surface area contributed by atoms with Crippen molar-refractivity contribution in [3.05, 3.63) is 29.6 Å². The Morgan fingerprint density at radius 2 is 1.62 bits per heavy atom. The molecule has 0 saturated heterocycles. The molecule has 2 aromatic rings. The summed E-state index contributed by atoms with van der Waals surface area (Å²) >= 11 is 0. The molecular weight excluding hydrogens is 504 g/mol. The molecule has 212 valence electrons. The number of carboxylic acid groups (broad SMARTS) is 1. The van der Waals surface area contributed by atoms with Crippen molar-refractivity contribution >= 4 is 40.8 Å². The summed E-state index contributed by atoms with van der Waals surface area (Å²) < 4.78 is 10.7. The molecular formula is C27H38N6O6. The Bertz CT molecular complexity index is 1260. The second-order valence-corrected chi connectivity index (χ2v) is 11.6. The van der Waals surface area contributed by atoms with E-state index in [9.17, 15) is 19.5 Å². The molecule has 0 bridgehead atoms.